The highest BCUT2D eigenvalue weighted by Crippen LogP contribution is 2.30. The van der Waals surface area contributed by atoms with Gasteiger partial charge < -0.3 is 16.2 Å². The maximum absolute atomic E-state index is 12.0. The third kappa shape index (κ3) is 3.26. The molecule has 4 N–H and O–H groups in total. The van der Waals surface area contributed by atoms with E-state index in [4.69, 9.17) is 5.73 Å². The molecular formula is C15H22N2O2. The number of aryl methyl sites for hydroxylation is 1. The van der Waals surface area contributed by atoms with Gasteiger partial charge in [0.25, 0.3) is 5.91 Å². The molecule has 1 aromatic rings. The summed E-state index contributed by atoms with van der Waals surface area (Å²) in [4.78, 5) is 12.0. The number of nitrogens with two attached hydrogens (primary N) is 1. The Morgan fingerprint density at radius 3 is 2.84 bits per heavy atom. The first kappa shape index (κ1) is 13.9. The molecule has 0 heterocycles. The van der Waals surface area contributed by atoms with Crippen molar-refractivity contribution in [1.29, 1.82) is 0 Å². The van der Waals surface area contributed by atoms with Gasteiger partial charge in [-0.2, -0.15) is 0 Å². The standard InChI is InChI=1S/C15H22N2O2/c1-10-5-6-13(14(18)7-10)15(19)17-9-12-4-2-3-11(12)8-16/h5-7,11-12,18H,2-4,8-9,16H2,1H3,(H,17,19). The largest absolute Gasteiger partial charge is 0.507 e. The number of carbonyl (C=O) groups excluding carboxylic acids is 1. The Kier molecular flexibility index (Phi) is 4.43. The first-order valence-electron chi connectivity index (χ1n) is 6.89. The molecule has 1 fully saturated rings. The summed E-state index contributed by atoms with van der Waals surface area (Å²) in [6, 6.07) is 5.09. The van der Waals surface area contributed by atoms with Gasteiger partial charge in [0.05, 0.1) is 5.56 Å². The van der Waals surface area contributed by atoms with Crippen molar-refractivity contribution in [3.63, 3.8) is 0 Å². The van der Waals surface area contributed by atoms with E-state index < -0.39 is 0 Å². The zero-order valence-electron chi connectivity index (χ0n) is 11.4. The number of aromatic hydroxyl groups is 1. The van der Waals surface area contributed by atoms with Gasteiger partial charge in [0.2, 0.25) is 0 Å². The van der Waals surface area contributed by atoms with Crippen molar-refractivity contribution in [1.82, 2.24) is 5.32 Å². The number of amides is 1. The zero-order valence-corrected chi connectivity index (χ0v) is 11.4. The van der Waals surface area contributed by atoms with Crippen LogP contribution in [0.3, 0.4) is 0 Å². The van der Waals surface area contributed by atoms with Crippen LogP contribution in [0.5, 0.6) is 5.75 Å². The quantitative estimate of drug-likeness (QED) is 0.774. The molecule has 2 unspecified atom stereocenters. The molecule has 0 spiro atoms. The van der Waals surface area contributed by atoms with Gasteiger partial charge in [-0.3, -0.25) is 4.79 Å². The molecule has 1 aromatic carbocycles. The van der Waals surface area contributed by atoms with E-state index in [1.165, 1.54) is 6.42 Å². The summed E-state index contributed by atoms with van der Waals surface area (Å²) >= 11 is 0. The average Bonchev–Trinajstić information content (AvgIpc) is 2.83. The Balaban J connectivity index is 1.94. The molecule has 1 aliphatic carbocycles. The second kappa shape index (κ2) is 6.06. The number of nitrogens with one attached hydrogen (secondary N) is 1. The van der Waals surface area contributed by atoms with Gasteiger partial charge in [-0.05, 0) is 55.8 Å². The molecule has 2 atom stereocenters. The second-order valence-corrected chi connectivity index (χ2v) is 5.42. The Hall–Kier alpha value is -1.55. The maximum Gasteiger partial charge on any atom is 0.255 e. The predicted molar refractivity (Wildman–Crippen MR) is 75.1 cm³/mol. The summed E-state index contributed by atoms with van der Waals surface area (Å²) in [6.45, 7) is 3.22. The van der Waals surface area contributed by atoms with Gasteiger partial charge in [0, 0.05) is 6.54 Å². The minimum Gasteiger partial charge on any atom is -0.507 e. The minimum absolute atomic E-state index is 0.0410. The molecule has 1 amide bonds. The molecule has 0 saturated heterocycles. The van der Waals surface area contributed by atoms with Crippen LogP contribution in [0, 0.1) is 18.8 Å². The molecule has 4 heteroatoms. The van der Waals surface area contributed by atoms with Crippen LogP contribution < -0.4 is 11.1 Å². The lowest BCUT2D eigenvalue weighted by Gasteiger charge is -2.18. The van der Waals surface area contributed by atoms with E-state index in [2.05, 4.69) is 5.32 Å². The number of hydrogen-bond donors (Lipinski definition) is 3. The number of phenols is 1. The van der Waals surface area contributed by atoms with Crippen LogP contribution in [0.25, 0.3) is 0 Å². The average molecular weight is 262 g/mol. The van der Waals surface area contributed by atoms with Crippen LogP contribution in [-0.4, -0.2) is 24.1 Å². The summed E-state index contributed by atoms with van der Waals surface area (Å²) in [7, 11) is 0. The number of carbonyl (C=O) groups is 1. The minimum atomic E-state index is -0.208. The van der Waals surface area contributed by atoms with E-state index in [1.54, 1.807) is 12.1 Å². The Bertz CT molecular complexity index is 459. The van der Waals surface area contributed by atoms with E-state index in [9.17, 15) is 9.90 Å². The number of phenolic OH excluding ortho intramolecular Hbond substituents is 1. The molecule has 1 aliphatic rings. The third-order valence-electron chi connectivity index (χ3n) is 4.04. The predicted octanol–water partition coefficient (Wildman–Crippen LogP) is 1.81. The van der Waals surface area contributed by atoms with Gasteiger partial charge in [-0.1, -0.05) is 12.5 Å². The number of benzene rings is 1. The van der Waals surface area contributed by atoms with Crippen molar-refractivity contribution in [2.24, 2.45) is 17.6 Å². The lowest BCUT2D eigenvalue weighted by atomic mass is 9.96. The van der Waals surface area contributed by atoms with Crippen LogP contribution in [0.4, 0.5) is 0 Å². The van der Waals surface area contributed by atoms with Crippen molar-refractivity contribution in [3.05, 3.63) is 29.3 Å². The fraction of sp³-hybridized carbons (Fsp3) is 0.533. The monoisotopic (exact) mass is 262 g/mol. The molecule has 1 saturated carbocycles. The van der Waals surface area contributed by atoms with Crippen LogP contribution in [0.15, 0.2) is 18.2 Å². The van der Waals surface area contributed by atoms with Crippen LogP contribution in [0.2, 0.25) is 0 Å². The SMILES string of the molecule is Cc1ccc(C(=O)NCC2CCCC2CN)c(O)c1. The van der Waals surface area contributed by atoms with Gasteiger partial charge in [0.15, 0.2) is 0 Å². The summed E-state index contributed by atoms with van der Waals surface area (Å²) in [5.41, 5.74) is 7.01. The normalized spacial score (nSPS) is 22.4. The zero-order chi connectivity index (χ0) is 13.8. The first-order valence-corrected chi connectivity index (χ1v) is 6.89. The highest BCUT2D eigenvalue weighted by atomic mass is 16.3. The highest BCUT2D eigenvalue weighted by molar-refractivity contribution is 5.96. The third-order valence-corrected chi connectivity index (χ3v) is 4.04. The maximum atomic E-state index is 12.0. The smallest absolute Gasteiger partial charge is 0.255 e. The van der Waals surface area contributed by atoms with Crippen LogP contribution >= 0.6 is 0 Å². The fourth-order valence-corrected chi connectivity index (χ4v) is 2.85. The lowest BCUT2D eigenvalue weighted by molar-refractivity contribution is 0.0941. The highest BCUT2D eigenvalue weighted by Gasteiger charge is 2.26. The molecule has 0 radical (unpaired) electrons. The van der Waals surface area contributed by atoms with E-state index in [1.807, 2.05) is 13.0 Å². The molecular weight excluding hydrogens is 240 g/mol. The van der Waals surface area contributed by atoms with Gasteiger partial charge in [-0.15, -0.1) is 0 Å². The molecule has 0 bridgehead atoms. The summed E-state index contributed by atoms with van der Waals surface area (Å²) < 4.78 is 0. The Morgan fingerprint density at radius 1 is 1.42 bits per heavy atom. The van der Waals surface area contributed by atoms with E-state index in [-0.39, 0.29) is 11.7 Å². The van der Waals surface area contributed by atoms with E-state index >= 15 is 0 Å². The van der Waals surface area contributed by atoms with Crippen molar-refractivity contribution < 1.29 is 9.90 Å². The number of hydrogen-bond acceptors (Lipinski definition) is 3. The van der Waals surface area contributed by atoms with Crippen LogP contribution in [0.1, 0.15) is 35.2 Å². The summed E-state index contributed by atoms with van der Waals surface area (Å²) in [5, 5.41) is 12.7. The van der Waals surface area contributed by atoms with Crippen molar-refractivity contribution in [3.8, 4) is 5.75 Å². The Morgan fingerprint density at radius 2 is 2.16 bits per heavy atom. The van der Waals surface area contributed by atoms with Crippen LogP contribution in [-0.2, 0) is 0 Å². The lowest BCUT2D eigenvalue weighted by Crippen LogP contribution is -2.32. The van der Waals surface area contributed by atoms with Crippen molar-refractivity contribution in [2.75, 3.05) is 13.1 Å². The first-order chi connectivity index (χ1) is 9.11. The van der Waals surface area contributed by atoms with E-state index in [0.29, 0.717) is 30.5 Å². The molecule has 4 nitrogen and oxygen atoms in total. The summed E-state index contributed by atoms with van der Waals surface area (Å²) in [5.74, 6) is 0.827. The van der Waals surface area contributed by atoms with Gasteiger partial charge >= 0.3 is 0 Å². The van der Waals surface area contributed by atoms with Gasteiger partial charge in [-0.25, -0.2) is 0 Å². The topological polar surface area (TPSA) is 75.4 Å². The number of rotatable bonds is 4. The molecule has 104 valence electrons. The molecule has 0 aromatic heterocycles. The molecule has 19 heavy (non-hydrogen) atoms. The Labute approximate surface area is 114 Å². The van der Waals surface area contributed by atoms with Gasteiger partial charge in [0.1, 0.15) is 5.75 Å². The molecule has 2 rings (SSSR count). The summed E-state index contributed by atoms with van der Waals surface area (Å²) in [6.07, 6.45) is 3.48. The van der Waals surface area contributed by atoms with Crippen molar-refractivity contribution in [2.45, 2.75) is 26.2 Å². The molecule has 0 aliphatic heterocycles. The second-order valence-electron chi connectivity index (χ2n) is 5.42. The fourth-order valence-electron chi connectivity index (χ4n) is 2.85. The van der Waals surface area contributed by atoms with Crippen molar-refractivity contribution >= 4 is 5.91 Å². The van der Waals surface area contributed by atoms with E-state index in [0.717, 1.165) is 18.4 Å².